The molecule has 1 heterocycles. The SMILES string of the molecule is CCOc1ccc(NC(=O)c2cc(-c3ccccc3)nc3ccccc23)cc1. The average Bonchev–Trinajstić information content (AvgIpc) is 2.75. The molecule has 0 atom stereocenters. The first-order valence-corrected chi connectivity index (χ1v) is 9.24. The van der Waals surface area contributed by atoms with Crippen molar-refractivity contribution in [1.29, 1.82) is 0 Å². The molecule has 0 spiro atoms. The van der Waals surface area contributed by atoms with E-state index in [0.717, 1.165) is 33.6 Å². The Morgan fingerprint density at radius 3 is 2.39 bits per heavy atom. The first-order valence-electron chi connectivity index (χ1n) is 9.24. The Balaban J connectivity index is 1.71. The predicted octanol–water partition coefficient (Wildman–Crippen LogP) is 5.55. The van der Waals surface area contributed by atoms with Crippen LogP contribution >= 0.6 is 0 Å². The molecule has 0 aliphatic carbocycles. The molecule has 0 unspecified atom stereocenters. The minimum absolute atomic E-state index is 0.167. The lowest BCUT2D eigenvalue weighted by atomic mass is 10.0. The third-order valence-electron chi connectivity index (χ3n) is 4.45. The summed E-state index contributed by atoms with van der Waals surface area (Å²) in [5, 5.41) is 3.80. The van der Waals surface area contributed by atoms with Crippen LogP contribution in [-0.4, -0.2) is 17.5 Å². The van der Waals surface area contributed by atoms with Gasteiger partial charge in [-0.05, 0) is 43.3 Å². The van der Waals surface area contributed by atoms with Crippen molar-refractivity contribution in [3.05, 3.63) is 90.5 Å². The van der Waals surface area contributed by atoms with Crippen molar-refractivity contribution in [3.8, 4) is 17.0 Å². The maximum absolute atomic E-state index is 13.1. The summed E-state index contributed by atoms with van der Waals surface area (Å²) in [5.74, 6) is 0.612. The van der Waals surface area contributed by atoms with Gasteiger partial charge < -0.3 is 10.1 Å². The number of amides is 1. The molecule has 0 saturated heterocycles. The minimum Gasteiger partial charge on any atom is -0.494 e. The number of para-hydroxylation sites is 1. The van der Waals surface area contributed by atoms with E-state index in [1.165, 1.54) is 0 Å². The predicted molar refractivity (Wildman–Crippen MR) is 113 cm³/mol. The van der Waals surface area contributed by atoms with E-state index in [4.69, 9.17) is 9.72 Å². The second-order valence-corrected chi connectivity index (χ2v) is 6.35. The number of nitrogens with zero attached hydrogens (tertiary/aromatic N) is 1. The van der Waals surface area contributed by atoms with Crippen molar-refractivity contribution in [2.75, 3.05) is 11.9 Å². The van der Waals surface area contributed by atoms with E-state index in [1.807, 2.05) is 91.9 Å². The lowest BCUT2D eigenvalue weighted by Gasteiger charge is -2.11. The first kappa shape index (κ1) is 17.7. The molecule has 4 nitrogen and oxygen atoms in total. The van der Waals surface area contributed by atoms with Crippen LogP contribution < -0.4 is 10.1 Å². The van der Waals surface area contributed by atoms with E-state index in [1.54, 1.807) is 0 Å². The third-order valence-corrected chi connectivity index (χ3v) is 4.45. The number of carbonyl (C=O) groups is 1. The molecule has 3 aromatic carbocycles. The van der Waals surface area contributed by atoms with Crippen LogP contribution in [0.4, 0.5) is 5.69 Å². The van der Waals surface area contributed by atoms with Gasteiger partial charge in [0.1, 0.15) is 5.75 Å². The molecule has 1 amide bonds. The quantitative estimate of drug-likeness (QED) is 0.502. The summed E-state index contributed by atoms with van der Waals surface area (Å²) in [4.78, 5) is 17.8. The van der Waals surface area contributed by atoms with Gasteiger partial charge in [-0.3, -0.25) is 4.79 Å². The Hall–Kier alpha value is -3.66. The van der Waals surface area contributed by atoms with Crippen LogP contribution in [0, 0.1) is 0 Å². The molecule has 0 aliphatic heterocycles. The molecule has 28 heavy (non-hydrogen) atoms. The standard InChI is InChI=1S/C24H20N2O2/c1-2-28-19-14-12-18(13-15-19)25-24(27)21-16-23(17-8-4-3-5-9-17)26-22-11-7-6-10-20(21)22/h3-16H,2H2,1H3,(H,25,27). The highest BCUT2D eigenvalue weighted by Gasteiger charge is 2.14. The highest BCUT2D eigenvalue weighted by Crippen LogP contribution is 2.26. The maximum atomic E-state index is 13.1. The molecule has 0 fully saturated rings. The zero-order valence-electron chi connectivity index (χ0n) is 15.6. The molecule has 0 saturated carbocycles. The summed E-state index contributed by atoms with van der Waals surface area (Å²) in [6, 6.07) is 26.8. The molecule has 1 aromatic heterocycles. The van der Waals surface area contributed by atoms with Crippen LogP contribution in [0.25, 0.3) is 22.2 Å². The normalized spacial score (nSPS) is 10.6. The molecule has 0 radical (unpaired) electrons. The summed E-state index contributed by atoms with van der Waals surface area (Å²) in [5.41, 5.74) is 3.86. The molecular formula is C24H20N2O2. The van der Waals surface area contributed by atoms with Gasteiger partial charge in [0.05, 0.1) is 23.4 Å². The Bertz CT molecular complexity index is 1110. The van der Waals surface area contributed by atoms with Crippen molar-refractivity contribution in [2.24, 2.45) is 0 Å². The summed E-state index contributed by atoms with van der Waals surface area (Å²) in [6.45, 7) is 2.55. The highest BCUT2D eigenvalue weighted by atomic mass is 16.5. The minimum atomic E-state index is -0.167. The van der Waals surface area contributed by atoms with Crippen LogP contribution in [0.2, 0.25) is 0 Å². The fourth-order valence-corrected chi connectivity index (χ4v) is 3.12. The lowest BCUT2D eigenvalue weighted by Crippen LogP contribution is -2.13. The van der Waals surface area contributed by atoms with Gasteiger partial charge in [0.2, 0.25) is 0 Å². The maximum Gasteiger partial charge on any atom is 0.256 e. The largest absolute Gasteiger partial charge is 0.494 e. The van der Waals surface area contributed by atoms with Crippen molar-refractivity contribution >= 4 is 22.5 Å². The topological polar surface area (TPSA) is 51.2 Å². The average molecular weight is 368 g/mol. The number of fused-ring (bicyclic) bond motifs is 1. The van der Waals surface area contributed by atoms with Crippen LogP contribution in [0.1, 0.15) is 17.3 Å². The van der Waals surface area contributed by atoms with Gasteiger partial charge in [-0.25, -0.2) is 4.98 Å². The van der Waals surface area contributed by atoms with E-state index >= 15 is 0 Å². The van der Waals surface area contributed by atoms with Gasteiger partial charge in [0.25, 0.3) is 5.91 Å². The number of aromatic nitrogens is 1. The van der Waals surface area contributed by atoms with Gasteiger partial charge in [-0.15, -0.1) is 0 Å². The molecule has 4 rings (SSSR count). The number of benzene rings is 3. The monoisotopic (exact) mass is 368 g/mol. The lowest BCUT2D eigenvalue weighted by molar-refractivity contribution is 0.102. The van der Waals surface area contributed by atoms with Crippen LogP contribution in [-0.2, 0) is 0 Å². The number of anilines is 1. The molecule has 4 aromatic rings. The molecule has 0 aliphatic rings. The Labute approximate surface area is 163 Å². The first-order chi connectivity index (χ1) is 13.7. The number of hydrogen-bond acceptors (Lipinski definition) is 3. The van der Waals surface area contributed by atoms with Crippen LogP contribution in [0.3, 0.4) is 0 Å². The van der Waals surface area contributed by atoms with Crippen molar-refractivity contribution in [1.82, 2.24) is 4.98 Å². The van der Waals surface area contributed by atoms with E-state index in [0.29, 0.717) is 12.2 Å². The molecular weight excluding hydrogens is 348 g/mol. The molecule has 138 valence electrons. The van der Waals surface area contributed by atoms with Crippen LogP contribution in [0.15, 0.2) is 84.9 Å². The summed E-state index contributed by atoms with van der Waals surface area (Å²) in [6.07, 6.45) is 0. The van der Waals surface area contributed by atoms with Gasteiger partial charge in [-0.2, -0.15) is 0 Å². The second-order valence-electron chi connectivity index (χ2n) is 6.35. The summed E-state index contributed by atoms with van der Waals surface area (Å²) >= 11 is 0. The number of hydrogen-bond donors (Lipinski definition) is 1. The summed E-state index contributed by atoms with van der Waals surface area (Å²) in [7, 11) is 0. The number of nitrogens with one attached hydrogen (secondary N) is 1. The number of pyridine rings is 1. The van der Waals surface area contributed by atoms with Crippen LogP contribution in [0.5, 0.6) is 5.75 Å². The molecule has 4 heteroatoms. The fourth-order valence-electron chi connectivity index (χ4n) is 3.12. The zero-order valence-corrected chi connectivity index (χ0v) is 15.6. The van der Waals surface area contributed by atoms with Crippen molar-refractivity contribution in [2.45, 2.75) is 6.92 Å². The Morgan fingerprint density at radius 1 is 0.929 bits per heavy atom. The highest BCUT2D eigenvalue weighted by molar-refractivity contribution is 6.13. The van der Waals surface area contributed by atoms with E-state index < -0.39 is 0 Å². The second kappa shape index (κ2) is 7.92. The van der Waals surface area contributed by atoms with Gasteiger partial charge >= 0.3 is 0 Å². The van der Waals surface area contributed by atoms with Gasteiger partial charge in [-0.1, -0.05) is 48.5 Å². The van der Waals surface area contributed by atoms with Crippen molar-refractivity contribution in [3.63, 3.8) is 0 Å². The number of rotatable bonds is 5. The zero-order chi connectivity index (χ0) is 19.3. The van der Waals surface area contributed by atoms with Gasteiger partial charge in [0, 0.05) is 16.6 Å². The van der Waals surface area contributed by atoms with Gasteiger partial charge in [0.15, 0.2) is 0 Å². The van der Waals surface area contributed by atoms with E-state index in [9.17, 15) is 4.79 Å². The van der Waals surface area contributed by atoms with E-state index in [-0.39, 0.29) is 5.91 Å². The fraction of sp³-hybridized carbons (Fsp3) is 0.0833. The number of carbonyl (C=O) groups excluding carboxylic acids is 1. The van der Waals surface area contributed by atoms with Crippen molar-refractivity contribution < 1.29 is 9.53 Å². The summed E-state index contributed by atoms with van der Waals surface area (Å²) < 4.78 is 5.45. The number of ether oxygens (including phenoxy) is 1. The Morgan fingerprint density at radius 2 is 1.64 bits per heavy atom. The molecule has 1 N–H and O–H groups in total. The third kappa shape index (κ3) is 3.71. The Kier molecular flexibility index (Phi) is 5.02. The smallest absolute Gasteiger partial charge is 0.256 e. The molecule has 0 bridgehead atoms. The van der Waals surface area contributed by atoms with E-state index in [2.05, 4.69) is 5.32 Å².